The summed E-state index contributed by atoms with van der Waals surface area (Å²) in [6, 6.07) is 8.21. The number of anilines is 2. The fraction of sp³-hybridized carbons (Fsp3) is 0.286. The van der Waals surface area contributed by atoms with Gasteiger partial charge in [-0.1, -0.05) is 0 Å². The first-order chi connectivity index (χ1) is 9.15. The molecule has 0 fully saturated rings. The number of nitrogen functional groups attached to an aromatic ring is 1. The van der Waals surface area contributed by atoms with E-state index in [1.165, 1.54) is 0 Å². The van der Waals surface area contributed by atoms with Crippen LogP contribution in [0.5, 0.6) is 0 Å². The van der Waals surface area contributed by atoms with Crippen LogP contribution in [0.15, 0.2) is 24.3 Å². The second-order valence-corrected chi connectivity index (χ2v) is 5.78. The van der Waals surface area contributed by atoms with Gasteiger partial charge in [-0.25, -0.2) is 9.97 Å². The molecule has 1 aliphatic heterocycles. The Morgan fingerprint density at radius 2 is 1.84 bits per heavy atom. The maximum atomic E-state index is 6.02. The molecule has 1 aromatic heterocycles. The summed E-state index contributed by atoms with van der Waals surface area (Å²) in [7, 11) is 4.05. The van der Waals surface area contributed by atoms with Crippen LogP contribution in [0.25, 0.3) is 11.4 Å². The molecule has 3 rings (SSSR count). The third-order valence-electron chi connectivity index (χ3n) is 3.25. The number of benzene rings is 1. The molecule has 0 aliphatic carbocycles. The van der Waals surface area contributed by atoms with Crippen molar-refractivity contribution in [3.05, 3.63) is 35.5 Å². The van der Waals surface area contributed by atoms with Crippen LogP contribution in [0.4, 0.5) is 11.5 Å². The van der Waals surface area contributed by atoms with Gasteiger partial charge < -0.3 is 10.6 Å². The van der Waals surface area contributed by atoms with Gasteiger partial charge in [0, 0.05) is 42.4 Å². The van der Waals surface area contributed by atoms with Crippen molar-refractivity contribution in [2.45, 2.75) is 11.5 Å². The summed E-state index contributed by atoms with van der Waals surface area (Å²) in [4.78, 5) is 11.1. The molecule has 0 amide bonds. The number of rotatable bonds is 2. The molecule has 98 valence electrons. The minimum atomic E-state index is 0.627. The zero-order valence-electron chi connectivity index (χ0n) is 11.1. The van der Waals surface area contributed by atoms with Crippen molar-refractivity contribution in [2.24, 2.45) is 0 Å². The molecule has 0 saturated heterocycles. The van der Waals surface area contributed by atoms with Gasteiger partial charge >= 0.3 is 0 Å². The number of hydrogen-bond donors (Lipinski definition) is 1. The summed E-state index contributed by atoms with van der Waals surface area (Å²) >= 11 is 1.84. The number of nitrogens with zero attached hydrogens (tertiary/aromatic N) is 3. The Morgan fingerprint density at radius 3 is 2.53 bits per heavy atom. The molecular formula is C14H16N4S. The standard InChI is InChI=1S/C14H16N4S/c1-18(2)10-5-3-9(4-6-10)14-16-12-8-19-7-11(12)13(15)17-14/h3-6H,7-8H2,1-2H3,(H2,15,16,17). The van der Waals surface area contributed by atoms with Gasteiger partial charge in [-0.15, -0.1) is 0 Å². The van der Waals surface area contributed by atoms with E-state index in [9.17, 15) is 0 Å². The van der Waals surface area contributed by atoms with E-state index in [0.29, 0.717) is 5.82 Å². The molecule has 2 aromatic rings. The molecule has 2 N–H and O–H groups in total. The minimum absolute atomic E-state index is 0.627. The van der Waals surface area contributed by atoms with Crippen LogP contribution in [-0.4, -0.2) is 24.1 Å². The maximum Gasteiger partial charge on any atom is 0.161 e. The number of hydrogen-bond acceptors (Lipinski definition) is 5. The van der Waals surface area contributed by atoms with Crippen LogP contribution in [0.3, 0.4) is 0 Å². The lowest BCUT2D eigenvalue weighted by molar-refractivity contribution is 1.08. The highest BCUT2D eigenvalue weighted by atomic mass is 32.2. The van der Waals surface area contributed by atoms with Gasteiger partial charge in [0.15, 0.2) is 5.82 Å². The van der Waals surface area contributed by atoms with Crippen LogP contribution in [0, 0.1) is 0 Å². The predicted octanol–water partition coefficient (Wildman–Crippen LogP) is 2.54. The molecule has 5 heteroatoms. The highest BCUT2D eigenvalue weighted by Gasteiger charge is 2.18. The maximum absolute atomic E-state index is 6.02. The number of thioether (sulfide) groups is 1. The Hall–Kier alpha value is -1.75. The van der Waals surface area contributed by atoms with Crippen molar-refractivity contribution in [3.8, 4) is 11.4 Å². The predicted molar refractivity (Wildman–Crippen MR) is 81.2 cm³/mol. The largest absolute Gasteiger partial charge is 0.383 e. The van der Waals surface area contributed by atoms with Gasteiger partial charge in [-0.3, -0.25) is 0 Å². The number of fused-ring (bicyclic) bond motifs is 1. The summed E-state index contributed by atoms with van der Waals surface area (Å²) in [6.45, 7) is 0. The smallest absolute Gasteiger partial charge is 0.161 e. The molecule has 0 radical (unpaired) electrons. The van der Waals surface area contributed by atoms with Gasteiger partial charge in [0.1, 0.15) is 5.82 Å². The molecule has 0 atom stereocenters. The van der Waals surface area contributed by atoms with E-state index in [0.717, 1.165) is 39.8 Å². The molecular weight excluding hydrogens is 256 g/mol. The van der Waals surface area contributed by atoms with Gasteiger partial charge in [0.05, 0.1) is 5.69 Å². The summed E-state index contributed by atoms with van der Waals surface area (Å²) in [5.41, 5.74) is 10.4. The lowest BCUT2D eigenvalue weighted by Gasteiger charge is -2.12. The molecule has 4 nitrogen and oxygen atoms in total. The molecule has 0 unspecified atom stereocenters. The Balaban J connectivity index is 2.00. The third kappa shape index (κ3) is 2.26. The van der Waals surface area contributed by atoms with Gasteiger partial charge in [0.25, 0.3) is 0 Å². The quantitative estimate of drug-likeness (QED) is 0.910. The molecule has 0 saturated carbocycles. The van der Waals surface area contributed by atoms with Crippen LogP contribution in [-0.2, 0) is 11.5 Å². The van der Waals surface area contributed by atoms with Crippen molar-refractivity contribution in [1.29, 1.82) is 0 Å². The summed E-state index contributed by atoms with van der Waals surface area (Å²) < 4.78 is 0. The van der Waals surface area contributed by atoms with E-state index in [4.69, 9.17) is 5.73 Å². The average molecular weight is 272 g/mol. The van der Waals surface area contributed by atoms with Crippen molar-refractivity contribution in [3.63, 3.8) is 0 Å². The van der Waals surface area contributed by atoms with Crippen LogP contribution >= 0.6 is 11.8 Å². The second-order valence-electron chi connectivity index (χ2n) is 4.79. The molecule has 1 aromatic carbocycles. The number of aromatic nitrogens is 2. The summed E-state index contributed by atoms with van der Waals surface area (Å²) in [6.07, 6.45) is 0. The van der Waals surface area contributed by atoms with E-state index in [1.807, 2.05) is 38.0 Å². The van der Waals surface area contributed by atoms with Crippen LogP contribution < -0.4 is 10.6 Å². The highest BCUT2D eigenvalue weighted by Crippen LogP contribution is 2.33. The van der Waals surface area contributed by atoms with Crippen molar-refractivity contribution in [2.75, 3.05) is 24.7 Å². The first-order valence-corrected chi connectivity index (χ1v) is 7.31. The Bertz CT molecular complexity index is 608. The van der Waals surface area contributed by atoms with Gasteiger partial charge in [-0.2, -0.15) is 11.8 Å². The van der Waals surface area contributed by atoms with E-state index in [2.05, 4.69) is 27.0 Å². The summed E-state index contributed by atoms with van der Waals surface area (Å²) in [5.74, 6) is 3.22. The highest BCUT2D eigenvalue weighted by molar-refractivity contribution is 7.98. The van der Waals surface area contributed by atoms with E-state index in [1.54, 1.807) is 0 Å². The minimum Gasteiger partial charge on any atom is -0.383 e. The summed E-state index contributed by atoms with van der Waals surface area (Å²) in [5, 5.41) is 0. The zero-order valence-corrected chi connectivity index (χ0v) is 11.9. The monoisotopic (exact) mass is 272 g/mol. The zero-order chi connectivity index (χ0) is 13.4. The molecule has 1 aliphatic rings. The second kappa shape index (κ2) is 4.74. The van der Waals surface area contributed by atoms with Crippen molar-refractivity contribution in [1.82, 2.24) is 9.97 Å². The average Bonchev–Trinajstić information content (AvgIpc) is 2.87. The van der Waals surface area contributed by atoms with Crippen molar-refractivity contribution < 1.29 is 0 Å². The van der Waals surface area contributed by atoms with Crippen LogP contribution in [0.2, 0.25) is 0 Å². The fourth-order valence-corrected chi connectivity index (χ4v) is 3.17. The molecule has 19 heavy (non-hydrogen) atoms. The van der Waals surface area contributed by atoms with E-state index in [-0.39, 0.29) is 0 Å². The SMILES string of the molecule is CN(C)c1ccc(-c2nc(N)c3c(n2)CSC3)cc1. The lowest BCUT2D eigenvalue weighted by Crippen LogP contribution is -2.08. The fourth-order valence-electron chi connectivity index (χ4n) is 2.11. The van der Waals surface area contributed by atoms with Crippen molar-refractivity contribution >= 4 is 23.3 Å². The van der Waals surface area contributed by atoms with E-state index < -0.39 is 0 Å². The van der Waals surface area contributed by atoms with E-state index >= 15 is 0 Å². The van der Waals surface area contributed by atoms with Crippen LogP contribution in [0.1, 0.15) is 11.3 Å². The molecule has 0 bridgehead atoms. The molecule has 2 heterocycles. The van der Waals surface area contributed by atoms with Gasteiger partial charge in [-0.05, 0) is 24.3 Å². The molecule has 0 spiro atoms. The third-order valence-corrected chi connectivity index (χ3v) is 4.22. The normalized spacial score (nSPS) is 13.4. The first-order valence-electron chi connectivity index (χ1n) is 6.16. The van der Waals surface area contributed by atoms with Gasteiger partial charge in [0.2, 0.25) is 0 Å². The Kier molecular flexibility index (Phi) is 3.06. The Labute approximate surface area is 117 Å². The first kappa shape index (κ1) is 12.3. The lowest BCUT2D eigenvalue weighted by atomic mass is 10.1. The topological polar surface area (TPSA) is 55.0 Å². The number of nitrogens with two attached hydrogens (primary N) is 1. The Morgan fingerprint density at radius 1 is 1.11 bits per heavy atom.